The van der Waals surface area contributed by atoms with Crippen LogP contribution in [0.25, 0.3) is 0 Å². The molecule has 27 heavy (non-hydrogen) atoms. The number of guanidine groups is 1. The molecule has 1 saturated heterocycles. The summed E-state index contributed by atoms with van der Waals surface area (Å²) in [6.45, 7) is 6.04. The number of hydrogen-bond donors (Lipinski definition) is 0. The van der Waals surface area contributed by atoms with Gasteiger partial charge >= 0.3 is 0 Å². The topological polar surface area (TPSA) is 39.2 Å². The molecule has 2 heterocycles. The zero-order valence-electron chi connectivity index (χ0n) is 15.4. The monoisotopic (exact) mass is 366 g/mol. The molecule has 4 rings (SSSR count). The molecule has 0 saturated carbocycles. The lowest BCUT2D eigenvalue weighted by Crippen LogP contribution is -2.53. The summed E-state index contributed by atoms with van der Waals surface area (Å²) in [4.78, 5) is 23.5. The quantitative estimate of drug-likeness (QED) is 0.820. The van der Waals surface area contributed by atoms with Crippen LogP contribution in [-0.2, 0) is 0 Å². The third kappa shape index (κ3) is 3.52. The highest BCUT2D eigenvalue weighted by Crippen LogP contribution is 2.21. The van der Waals surface area contributed by atoms with Crippen molar-refractivity contribution in [3.8, 4) is 0 Å². The van der Waals surface area contributed by atoms with Crippen LogP contribution in [0.1, 0.15) is 15.9 Å². The number of carbonyl (C=O) groups excluding carboxylic acids is 1. The zero-order valence-corrected chi connectivity index (χ0v) is 15.4. The van der Waals surface area contributed by atoms with Gasteiger partial charge in [-0.05, 0) is 31.2 Å². The predicted molar refractivity (Wildman–Crippen MR) is 105 cm³/mol. The second kappa shape index (κ2) is 7.39. The Morgan fingerprint density at radius 1 is 0.963 bits per heavy atom. The number of piperazine rings is 1. The van der Waals surface area contributed by atoms with Crippen molar-refractivity contribution in [2.24, 2.45) is 4.99 Å². The minimum absolute atomic E-state index is 0.00789. The lowest BCUT2D eigenvalue weighted by atomic mass is 10.1. The third-order valence-corrected chi connectivity index (χ3v) is 5.08. The van der Waals surface area contributed by atoms with Crippen molar-refractivity contribution in [3.63, 3.8) is 0 Å². The summed E-state index contributed by atoms with van der Waals surface area (Å²) in [5.41, 5.74) is 2.39. The number of hydrogen-bond acceptors (Lipinski definition) is 4. The van der Waals surface area contributed by atoms with Crippen LogP contribution in [0.4, 0.5) is 10.1 Å². The van der Waals surface area contributed by atoms with Crippen LogP contribution in [0.3, 0.4) is 0 Å². The highest BCUT2D eigenvalue weighted by molar-refractivity contribution is 6.06. The molecule has 0 spiro atoms. The number of nitrogens with zero attached hydrogens (tertiary/aromatic N) is 4. The molecule has 0 bridgehead atoms. The van der Waals surface area contributed by atoms with Crippen LogP contribution < -0.4 is 4.90 Å². The van der Waals surface area contributed by atoms with Crippen LogP contribution in [0, 0.1) is 12.7 Å². The normalized spacial score (nSPS) is 17.3. The molecule has 0 radical (unpaired) electrons. The highest BCUT2D eigenvalue weighted by atomic mass is 19.1. The number of benzene rings is 2. The largest absolute Gasteiger partial charge is 0.366 e. The first-order valence-corrected chi connectivity index (χ1v) is 9.31. The standard InChI is InChI=1S/C21H23FN4O/c1-16-5-4-6-17(15-16)20(27)26-10-9-23-21(26)25-13-11-24(12-14-25)19-8-3-2-7-18(19)22/h2-8,15H,9-14H2,1H3. The van der Waals surface area contributed by atoms with E-state index in [1.165, 1.54) is 6.07 Å². The van der Waals surface area contributed by atoms with Gasteiger partial charge in [0.25, 0.3) is 5.91 Å². The smallest absolute Gasteiger partial charge is 0.260 e. The van der Waals surface area contributed by atoms with Crippen LogP contribution in [-0.4, -0.2) is 60.9 Å². The average Bonchev–Trinajstić information content (AvgIpc) is 3.18. The summed E-state index contributed by atoms with van der Waals surface area (Å²) in [7, 11) is 0. The molecule has 2 aliphatic heterocycles. The van der Waals surface area contributed by atoms with Crippen molar-refractivity contribution < 1.29 is 9.18 Å². The van der Waals surface area contributed by atoms with E-state index in [1.54, 1.807) is 11.0 Å². The number of aryl methyl sites for hydroxylation is 1. The van der Waals surface area contributed by atoms with E-state index < -0.39 is 0 Å². The Kier molecular flexibility index (Phi) is 4.79. The minimum Gasteiger partial charge on any atom is -0.366 e. The molecule has 1 fully saturated rings. The molecule has 1 amide bonds. The van der Waals surface area contributed by atoms with E-state index >= 15 is 0 Å². The Morgan fingerprint density at radius 2 is 1.70 bits per heavy atom. The van der Waals surface area contributed by atoms with Crippen LogP contribution in [0.5, 0.6) is 0 Å². The van der Waals surface area contributed by atoms with Gasteiger partial charge in [-0.2, -0.15) is 0 Å². The Balaban J connectivity index is 1.45. The number of aliphatic imine (C=N–C) groups is 1. The molecule has 5 nitrogen and oxygen atoms in total. The van der Waals surface area contributed by atoms with Crippen molar-refractivity contribution >= 4 is 17.6 Å². The van der Waals surface area contributed by atoms with E-state index in [-0.39, 0.29) is 11.7 Å². The molecular weight excluding hydrogens is 343 g/mol. The molecule has 140 valence electrons. The van der Waals surface area contributed by atoms with Crippen molar-refractivity contribution in [2.75, 3.05) is 44.2 Å². The number of rotatable bonds is 2. The summed E-state index contributed by atoms with van der Waals surface area (Å²) < 4.78 is 14.0. The molecule has 2 aromatic rings. The van der Waals surface area contributed by atoms with Crippen LogP contribution in [0.15, 0.2) is 53.5 Å². The van der Waals surface area contributed by atoms with Gasteiger partial charge in [0.1, 0.15) is 5.82 Å². The molecule has 6 heteroatoms. The lowest BCUT2D eigenvalue weighted by Gasteiger charge is -2.38. The summed E-state index contributed by atoms with van der Waals surface area (Å²) in [6, 6.07) is 14.5. The van der Waals surface area contributed by atoms with E-state index in [0.717, 1.165) is 11.5 Å². The second-order valence-corrected chi connectivity index (χ2v) is 6.93. The predicted octanol–water partition coefficient (Wildman–Crippen LogP) is 2.77. The Morgan fingerprint density at radius 3 is 2.44 bits per heavy atom. The lowest BCUT2D eigenvalue weighted by molar-refractivity contribution is 0.0843. The van der Waals surface area contributed by atoms with Gasteiger partial charge in [-0.15, -0.1) is 0 Å². The maximum atomic E-state index is 14.0. The fourth-order valence-electron chi connectivity index (χ4n) is 3.69. The van der Waals surface area contributed by atoms with Crippen LogP contribution >= 0.6 is 0 Å². The first kappa shape index (κ1) is 17.5. The van der Waals surface area contributed by atoms with Crippen molar-refractivity contribution in [1.82, 2.24) is 9.80 Å². The van der Waals surface area contributed by atoms with Gasteiger partial charge in [0.15, 0.2) is 0 Å². The van der Waals surface area contributed by atoms with E-state index in [9.17, 15) is 9.18 Å². The number of carbonyl (C=O) groups is 1. The average molecular weight is 366 g/mol. The minimum atomic E-state index is -0.194. The molecular formula is C21H23FN4O. The summed E-state index contributed by atoms with van der Waals surface area (Å²) in [6.07, 6.45) is 0. The van der Waals surface area contributed by atoms with Crippen molar-refractivity contribution in [1.29, 1.82) is 0 Å². The van der Waals surface area contributed by atoms with Gasteiger partial charge in [0, 0.05) is 38.3 Å². The van der Waals surface area contributed by atoms with Gasteiger partial charge in [0.2, 0.25) is 5.96 Å². The number of amides is 1. The maximum Gasteiger partial charge on any atom is 0.260 e. The van der Waals surface area contributed by atoms with Crippen molar-refractivity contribution in [3.05, 3.63) is 65.5 Å². The molecule has 0 aromatic heterocycles. The Hall–Kier alpha value is -2.89. The highest BCUT2D eigenvalue weighted by Gasteiger charge is 2.31. The first-order valence-electron chi connectivity index (χ1n) is 9.31. The number of para-hydroxylation sites is 1. The fourth-order valence-corrected chi connectivity index (χ4v) is 3.69. The summed E-state index contributed by atoms with van der Waals surface area (Å²) in [5.74, 6) is 0.543. The van der Waals surface area contributed by atoms with Crippen LogP contribution in [0.2, 0.25) is 0 Å². The zero-order chi connectivity index (χ0) is 18.8. The van der Waals surface area contributed by atoms with Gasteiger partial charge in [0.05, 0.1) is 12.2 Å². The Labute approximate surface area is 158 Å². The third-order valence-electron chi connectivity index (χ3n) is 5.08. The maximum absolute atomic E-state index is 14.0. The van der Waals surface area contributed by atoms with Gasteiger partial charge in [-0.1, -0.05) is 29.8 Å². The van der Waals surface area contributed by atoms with E-state index in [0.29, 0.717) is 50.5 Å². The van der Waals surface area contributed by atoms with E-state index in [1.807, 2.05) is 48.2 Å². The van der Waals surface area contributed by atoms with Crippen molar-refractivity contribution in [2.45, 2.75) is 6.92 Å². The van der Waals surface area contributed by atoms with Gasteiger partial charge in [-0.3, -0.25) is 14.7 Å². The molecule has 2 aliphatic rings. The molecule has 2 aromatic carbocycles. The van der Waals surface area contributed by atoms with Gasteiger partial charge in [-0.25, -0.2) is 4.39 Å². The molecule has 0 atom stereocenters. The summed E-state index contributed by atoms with van der Waals surface area (Å²) in [5, 5.41) is 0. The number of anilines is 1. The van der Waals surface area contributed by atoms with E-state index in [2.05, 4.69) is 9.89 Å². The fraction of sp³-hybridized carbons (Fsp3) is 0.333. The Bertz CT molecular complexity index is 874. The van der Waals surface area contributed by atoms with E-state index in [4.69, 9.17) is 0 Å². The number of halogens is 1. The molecule has 0 unspecified atom stereocenters. The SMILES string of the molecule is Cc1cccc(C(=O)N2CCN=C2N2CCN(c3ccccc3F)CC2)c1. The molecule has 0 aliphatic carbocycles. The molecule has 0 N–H and O–H groups in total. The first-order chi connectivity index (χ1) is 13.1. The van der Waals surface area contributed by atoms with Gasteiger partial charge < -0.3 is 9.80 Å². The summed E-state index contributed by atoms with van der Waals surface area (Å²) >= 11 is 0. The second-order valence-electron chi connectivity index (χ2n) is 6.93.